The summed E-state index contributed by atoms with van der Waals surface area (Å²) in [6.07, 6.45) is 0. The Morgan fingerprint density at radius 3 is 2.65 bits per heavy atom. The zero-order valence-corrected chi connectivity index (χ0v) is 12.3. The van der Waals surface area contributed by atoms with Gasteiger partial charge in [0.1, 0.15) is 15.6 Å². The van der Waals surface area contributed by atoms with E-state index in [1.54, 1.807) is 6.92 Å². The SMILES string of the molecule is Cc1nnsc1C(=O)Nc1ccc(S(=O)(=O)Cl)c(F)c1. The van der Waals surface area contributed by atoms with E-state index < -0.39 is 25.7 Å². The third-order valence-corrected chi connectivity index (χ3v) is 4.49. The van der Waals surface area contributed by atoms with Crippen molar-refractivity contribution in [2.75, 3.05) is 5.32 Å². The number of hydrogen-bond donors (Lipinski definition) is 1. The van der Waals surface area contributed by atoms with E-state index in [1.165, 1.54) is 6.07 Å². The predicted molar refractivity (Wildman–Crippen MR) is 72.0 cm³/mol. The molecule has 6 nitrogen and oxygen atoms in total. The Labute approximate surface area is 122 Å². The molecule has 1 heterocycles. The number of aryl methyl sites for hydroxylation is 1. The first-order valence-electron chi connectivity index (χ1n) is 5.13. The van der Waals surface area contributed by atoms with Crippen LogP contribution in [0.15, 0.2) is 23.1 Å². The number of carbonyl (C=O) groups is 1. The zero-order valence-electron chi connectivity index (χ0n) is 9.92. The normalized spacial score (nSPS) is 11.3. The van der Waals surface area contributed by atoms with Crippen LogP contribution in [0.1, 0.15) is 15.4 Å². The van der Waals surface area contributed by atoms with Crippen molar-refractivity contribution in [3.05, 3.63) is 34.6 Å². The van der Waals surface area contributed by atoms with E-state index in [4.69, 9.17) is 10.7 Å². The van der Waals surface area contributed by atoms with Crippen LogP contribution in [0.3, 0.4) is 0 Å². The number of hydrogen-bond acceptors (Lipinski definition) is 6. The summed E-state index contributed by atoms with van der Waals surface area (Å²) in [7, 11) is 0.892. The number of rotatable bonds is 3. The van der Waals surface area contributed by atoms with E-state index in [9.17, 15) is 17.6 Å². The van der Waals surface area contributed by atoms with Gasteiger partial charge in [0.15, 0.2) is 0 Å². The number of halogens is 2. The van der Waals surface area contributed by atoms with Crippen molar-refractivity contribution in [1.82, 2.24) is 9.59 Å². The molecule has 1 N–H and O–H groups in total. The lowest BCUT2D eigenvalue weighted by Crippen LogP contribution is -2.12. The van der Waals surface area contributed by atoms with Crippen LogP contribution in [-0.4, -0.2) is 23.9 Å². The van der Waals surface area contributed by atoms with Gasteiger partial charge in [-0.2, -0.15) is 0 Å². The van der Waals surface area contributed by atoms with Gasteiger partial charge in [-0.1, -0.05) is 4.49 Å². The second-order valence-corrected chi connectivity index (χ2v) is 7.01. The molecule has 20 heavy (non-hydrogen) atoms. The number of amides is 1. The highest BCUT2D eigenvalue weighted by molar-refractivity contribution is 8.13. The van der Waals surface area contributed by atoms with Crippen molar-refractivity contribution in [2.45, 2.75) is 11.8 Å². The summed E-state index contributed by atoms with van der Waals surface area (Å²) in [6.45, 7) is 1.61. The van der Waals surface area contributed by atoms with Gasteiger partial charge in [0.05, 0.1) is 5.69 Å². The third-order valence-electron chi connectivity index (χ3n) is 2.31. The fourth-order valence-corrected chi connectivity index (χ4v) is 2.85. The molecule has 2 aromatic rings. The van der Waals surface area contributed by atoms with E-state index >= 15 is 0 Å². The van der Waals surface area contributed by atoms with Gasteiger partial charge in [0.2, 0.25) is 0 Å². The number of carbonyl (C=O) groups excluding carboxylic acids is 1. The van der Waals surface area contributed by atoms with E-state index in [0.29, 0.717) is 10.6 Å². The van der Waals surface area contributed by atoms with Gasteiger partial charge in [-0.25, -0.2) is 12.8 Å². The number of anilines is 1. The monoisotopic (exact) mass is 335 g/mol. The van der Waals surface area contributed by atoms with Crippen LogP contribution in [0.5, 0.6) is 0 Å². The Kier molecular flexibility index (Phi) is 4.02. The van der Waals surface area contributed by atoms with E-state index in [2.05, 4.69) is 14.9 Å². The van der Waals surface area contributed by atoms with E-state index in [1.807, 2.05) is 0 Å². The molecule has 1 aromatic carbocycles. The van der Waals surface area contributed by atoms with E-state index in [0.717, 1.165) is 23.7 Å². The van der Waals surface area contributed by atoms with Gasteiger partial charge >= 0.3 is 0 Å². The van der Waals surface area contributed by atoms with Crippen molar-refractivity contribution >= 4 is 42.9 Å². The largest absolute Gasteiger partial charge is 0.321 e. The minimum Gasteiger partial charge on any atom is -0.321 e. The Morgan fingerprint density at radius 1 is 1.45 bits per heavy atom. The molecule has 106 valence electrons. The summed E-state index contributed by atoms with van der Waals surface area (Å²) in [5, 5.41) is 6.10. The van der Waals surface area contributed by atoms with Crippen molar-refractivity contribution in [1.29, 1.82) is 0 Å². The molecule has 0 saturated heterocycles. The molecular weight excluding hydrogens is 329 g/mol. The molecule has 0 bridgehead atoms. The number of aromatic nitrogens is 2. The summed E-state index contributed by atoms with van der Waals surface area (Å²) in [5.74, 6) is -1.55. The standard InChI is InChI=1S/C10H7ClFN3O3S2/c1-5-9(19-15-14-5)10(16)13-6-2-3-8(7(12)4-6)20(11,17)18/h2-4H,1H3,(H,13,16). The van der Waals surface area contributed by atoms with Crippen molar-refractivity contribution in [2.24, 2.45) is 0 Å². The molecule has 0 aliphatic carbocycles. The van der Waals surface area contributed by atoms with Gasteiger partial charge in [-0.05, 0) is 36.7 Å². The Bertz CT molecular complexity index is 776. The van der Waals surface area contributed by atoms with Crippen LogP contribution < -0.4 is 5.32 Å². The minimum absolute atomic E-state index is 0.101. The topological polar surface area (TPSA) is 89.0 Å². The Balaban J connectivity index is 2.26. The molecule has 0 spiro atoms. The van der Waals surface area contributed by atoms with Gasteiger partial charge in [-0.3, -0.25) is 4.79 Å². The smallest absolute Gasteiger partial charge is 0.269 e. The van der Waals surface area contributed by atoms with Gasteiger partial charge in [0, 0.05) is 16.4 Å². The maximum Gasteiger partial charge on any atom is 0.269 e. The summed E-state index contributed by atoms with van der Waals surface area (Å²) >= 11 is 0.905. The van der Waals surface area contributed by atoms with Crippen LogP contribution in [-0.2, 0) is 9.05 Å². The summed E-state index contributed by atoms with van der Waals surface area (Å²) in [4.78, 5) is 11.5. The highest BCUT2D eigenvalue weighted by Gasteiger charge is 2.18. The van der Waals surface area contributed by atoms with Crippen molar-refractivity contribution < 1.29 is 17.6 Å². The molecule has 0 unspecified atom stereocenters. The third kappa shape index (κ3) is 3.11. The lowest BCUT2D eigenvalue weighted by molar-refractivity contribution is 0.103. The molecule has 0 fully saturated rings. The molecule has 0 saturated carbocycles. The molecule has 0 aliphatic rings. The molecule has 1 amide bonds. The highest BCUT2D eigenvalue weighted by Crippen LogP contribution is 2.22. The Morgan fingerprint density at radius 2 is 2.15 bits per heavy atom. The molecule has 0 aliphatic heterocycles. The quantitative estimate of drug-likeness (QED) is 0.868. The van der Waals surface area contributed by atoms with E-state index in [-0.39, 0.29) is 5.69 Å². The minimum atomic E-state index is -4.16. The Hall–Kier alpha value is -1.58. The van der Waals surface area contributed by atoms with Crippen molar-refractivity contribution in [3.63, 3.8) is 0 Å². The van der Waals surface area contributed by atoms with Crippen LogP contribution in [0.4, 0.5) is 10.1 Å². The average molecular weight is 336 g/mol. The number of nitrogens with zero attached hydrogens (tertiary/aromatic N) is 2. The summed E-state index contributed by atoms with van der Waals surface area (Å²) in [6, 6.07) is 3.09. The van der Waals surface area contributed by atoms with Crippen LogP contribution >= 0.6 is 22.2 Å². The molecule has 0 radical (unpaired) electrons. The fraction of sp³-hybridized carbons (Fsp3) is 0.100. The second-order valence-electron chi connectivity index (χ2n) is 3.72. The first-order chi connectivity index (χ1) is 9.29. The average Bonchev–Trinajstić information content (AvgIpc) is 2.73. The first-order valence-corrected chi connectivity index (χ1v) is 8.22. The highest BCUT2D eigenvalue weighted by atomic mass is 35.7. The van der Waals surface area contributed by atoms with Crippen LogP contribution in [0.2, 0.25) is 0 Å². The lowest BCUT2D eigenvalue weighted by atomic mass is 10.3. The summed E-state index contributed by atoms with van der Waals surface area (Å²) < 4.78 is 39.3. The van der Waals surface area contributed by atoms with Gasteiger partial charge in [0.25, 0.3) is 15.0 Å². The molecule has 0 atom stereocenters. The molecule has 2 rings (SSSR count). The maximum absolute atomic E-state index is 13.6. The molecular formula is C10H7ClFN3O3S2. The lowest BCUT2D eigenvalue weighted by Gasteiger charge is -2.05. The number of benzene rings is 1. The molecule has 10 heteroatoms. The van der Waals surface area contributed by atoms with Crippen LogP contribution in [0, 0.1) is 12.7 Å². The maximum atomic E-state index is 13.6. The zero-order chi connectivity index (χ0) is 14.9. The summed E-state index contributed by atoms with van der Waals surface area (Å²) in [5.41, 5.74) is 0.553. The fourth-order valence-electron chi connectivity index (χ4n) is 1.40. The predicted octanol–water partition coefficient (Wildman–Crippen LogP) is 2.17. The first kappa shape index (κ1) is 14.8. The van der Waals surface area contributed by atoms with Gasteiger partial charge in [-0.15, -0.1) is 5.10 Å². The number of nitrogens with one attached hydrogen (secondary N) is 1. The second kappa shape index (κ2) is 5.43. The molecule has 1 aromatic heterocycles. The van der Waals surface area contributed by atoms with Crippen molar-refractivity contribution in [3.8, 4) is 0 Å². The van der Waals surface area contributed by atoms with Gasteiger partial charge < -0.3 is 5.32 Å². The van der Waals surface area contributed by atoms with Crippen LogP contribution in [0.25, 0.3) is 0 Å².